The number of hydrogen-bond acceptors (Lipinski definition) is 7. The van der Waals surface area contributed by atoms with Crippen molar-refractivity contribution in [1.29, 1.82) is 0 Å². The number of ether oxygens (including phenoxy) is 1. The Hall–Kier alpha value is -3.14. The molecule has 1 aromatic carbocycles. The first-order chi connectivity index (χ1) is 12.9. The predicted octanol–water partition coefficient (Wildman–Crippen LogP) is 0.746. The lowest BCUT2D eigenvalue weighted by molar-refractivity contribution is -0.121. The summed E-state index contributed by atoms with van der Waals surface area (Å²) in [5, 5.41) is 3.75. The second kappa shape index (κ2) is 8.04. The molecule has 2 heterocycles. The molecule has 0 aliphatic carbocycles. The number of rotatable bonds is 5. The van der Waals surface area contributed by atoms with Crippen molar-refractivity contribution in [2.45, 2.75) is 17.7 Å². The Morgan fingerprint density at radius 2 is 2.00 bits per heavy atom. The van der Waals surface area contributed by atoms with E-state index in [-0.39, 0.29) is 18.3 Å². The molecule has 2 atom stereocenters. The lowest BCUT2D eigenvalue weighted by Crippen LogP contribution is -2.33. The van der Waals surface area contributed by atoms with E-state index in [1.165, 1.54) is 19.2 Å². The molecule has 1 fully saturated rings. The normalized spacial score (nSPS) is 18.6. The number of aromatic nitrogens is 2. The third-order valence-electron chi connectivity index (χ3n) is 3.58. The smallest absolute Gasteiger partial charge is 0.350 e. The summed E-state index contributed by atoms with van der Waals surface area (Å²) in [6, 6.07) is 9.93. The zero-order valence-corrected chi connectivity index (χ0v) is 15.1. The van der Waals surface area contributed by atoms with Crippen LogP contribution in [0.5, 0.6) is 0 Å². The van der Waals surface area contributed by atoms with Crippen molar-refractivity contribution in [2.24, 2.45) is 0 Å². The molecule has 0 unspecified atom stereocenters. The molecule has 27 heavy (non-hydrogen) atoms. The van der Waals surface area contributed by atoms with Gasteiger partial charge in [-0.25, -0.2) is 9.59 Å². The molecule has 140 valence electrons. The lowest BCUT2D eigenvalue weighted by atomic mass is 10.2. The van der Waals surface area contributed by atoms with Crippen LogP contribution in [-0.2, 0) is 14.3 Å². The highest BCUT2D eigenvalue weighted by atomic mass is 32.2. The van der Waals surface area contributed by atoms with E-state index in [1.807, 2.05) is 0 Å². The van der Waals surface area contributed by atoms with Gasteiger partial charge < -0.3 is 15.4 Å². The summed E-state index contributed by atoms with van der Waals surface area (Å²) in [5.41, 5.74) is -0.256. The molecule has 0 bridgehead atoms. The zero-order valence-electron chi connectivity index (χ0n) is 14.2. The van der Waals surface area contributed by atoms with E-state index in [1.54, 1.807) is 30.3 Å². The Morgan fingerprint density at radius 1 is 1.26 bits per heavy atom. The Bertz CT molecular complexity index is 930. The number of esters is 1. The van der Waals surface area contributed by atoms with Crippen LogP contribution in [0.2, 0.25) is 0 Å². The fourth-order valence-electron chi connectivity index (χ4n) is 2.40. The highest BCUT2D eigenvalue weighted by Crippen LogP contribution is 2.31. The second-order valence-electron chi connectivity index (χ2n) is 5.63. The lowest BCUT2D eigenvalue weighted by Gasteiger charge is -2.12. The summed E-state index contributed by atoms with van der Waals surface area (Å²) in [6.45, 7) is 1.27. The predicted molar refractivity (Wildman–Crippen MR) is 98.1 cm³/mol. The molecule has 1 aliphatic rings. The summed E-state index contributed by atoms with van der Waals surface area (Å²) >= 11 is 1.14. The van der Waals surface area contributed by atoms with E-state index in [9.17, 15) is 19.2 Å². The van der Waals surface area contributed by atoms with Gasteiger partial charge in [-0.15, -0.1) is 0 Å². The van der Waals surface area contributed by atoms with Crippen molar-refractivity contribution in [2.75, 3.05) is 11.9 Å². The Balaban J connectivity index is 1.63. The maximum atomic E-state index is 12.2. The number of nitrogens with zero attached hydrogens (tertiary/aromatic N) is 2. The molecule has 1 aliphatic heterocycles. The number of thioether (sulfide) groups is 1. The molecule has 0 spiro atoms. The van der Waals surface area contributed by atoms with Crippen molar-refractivity contribution in [3.8, 4) is 0 Å². The van der Waals surface area contributed by atoms with Gasteiger partial charge >= 0.3 is 11.7 Å². The number of anilines is 1. The molecule has 0 radical (unpaired) electrons. The van der Waals surface area contributed by atoms with Crippen molar-refractivity contribution in [3.05, 3.63) is 58.6 Å². The largest absolute Gasteiger partial charge is 0.459 e. The third-order valence-corrected chi connectivity index (χ3v) is 4.86. The van der Waals surface area contributed by atoms with Gasteiger partial charge in [0.15, 0.2) is 5.37 Å². The maximum absolute atomic E-state index is 12.2. The van der Waals surface area contributed by atoms with Gasteiger partial charge in [0.1, 0.15) is 17.8 Å². The minimum absolute atomic E-state index is 0.0349. The van der Waals surface area contributed by atoms with Gasteiger partial charge in [-0.2, -0.15) is 4.98 Å². The van der Waals surface area contributed by atoms with Gasteiger partial charge in [0.25, 0.3) is 5.91 Å². The minimum atomic E-state index is -0.836. The first-order valence-electron chi connectivity index (χ1n) is 7.99. The van der Waals surface area contributed by atoms with E-state index in [0.717, 1.165) is 16.3 Å². The summed E-state index contributed by atoms with van der Waals surface area (Å²) in [7, 11) is 0. The average Bonchev–Trinajstić information content (AvgIpc) is 3.00. The fraction of sp³-hybridized carbons (Fsp3) is 0.235. The van der Waals surface area contributed by atoms with Gasteiger partial charge in [-0.1, -0.05) is 30.0 Å². The van der Waals surface area contributed by atoms with E-state index < -0.39 is 28.3 Å². The summed E-state index contributed by atoms with van der Waals surface area (Å²) in [5.74, 6) is -1.13. The van der Waals surface area contributed by atoms with Crippen LogP contribution in [0.3, 0.4) is 0 Å². The number of amides is 2. The molecule has 2 N–H and O–H groups in total. The molecule has 9 nitrogen and oxygen atoms in total. The molecule has 10 heteroatoms. The van der Waals surface area contributed by atoms with Crippen LogP contribution in [0.25, 0.3) is 0 Å². The van der Waals surface area contributed by atoms with E-state index in [2.05, 4.69) is 15.6 Å². The second-order valence-corrected chi connectivity index (χ2v) is 6.92. The zero-order chi connectivity index (χ0) is 19.4. The highest BCUT2D eigenvalue weighted by molar-refractivity contribution is 8.01. The Kier molecular flexibility index (Phi) is 5.55. The number of carbonyl (C=O) groups excluding carboxylic acids is 3. The van der Waals surface area contributed by atoms with Crippen LogP contribution in [-0.4, -0.2) is 39.3 Å². The Labute approximate surface area is 158 Å². The third kappa shape index (κ3) is 4.53. The minimum Gasteiger partial charge on any atom is -0.459 e. The summed E-state index contributed by atoms with van der Waals surface area (Å²) < 4.78 is 6.37. The van der Waals surface area contributed by atoms with Gasteiger partial charge in [0.05, 0.1) is 5.56 Å². The van der Waals surface area contributed by atoms with E-state index >= 15 is 0 Å². The van der Waals surface area contributed by atoms with Crippen molar-refractivity contribution in [1.82, 2.24) is 14.9 Å². The van der Waals surface area contributed by atoms with Crippen LogP contribution < -0.4 is 16.3 Å². The monoisotopic (exact) mass is 388 g/mol. The molecular weight excluding hydrogens is 372 g/mol. The first kappa shape index (κ1) is 18.6. The maximum Gasteiger partial charge on any atom is 0.350 e. The first-order valence-corrected chi connectivity index (χ1v) is 8.93. The Morgan fingerprint density at radius 3 is 2.67 bits per heavy atom. The van der Waals surface area contributed by atoms with E-state index in [4.69, 9.17) is 4.74 Å². The van der Waals surface area contributed by atoms with Crippen LogP contribution in [0.4, 0.5) is 5.82 Å². The topological polar surface area (TPSA) is 119 Å². The highest BCUT2D eigenvalue weighted by Gasteiger charge is 2.35. The molecule has 1 aromatic heterocycles. The summed E-state index contributed by atoms with van der Waals surface area (Å²) in [4.78, 5) is 51.0. The van der Waals surface area contributed by atoms with Crippen molar-refractivity contribution in [3.63, 3.8) is 0 Å². The number of nitrogens with one attached hydrogen (secondary N) is 2. The number of benzene rings is 1. The molecule has 3 rings (SSSR count). The molecule has 1 saturated heterocycles. The number of carbonyl (C=O) groups is 3. The van der Waals surface area contributed by atoms with Crippen molar-refractivity contribution >= 4 is 35.4 Å². The van der Waals surface area contributed by atoms with Crippen LogP contribution in [0, 0.1) is 0 Å². The van der Waals surface area contributed by atoms with Gasteiger partial charge in [-0.05, 0) is 18.2 Å². The molecule has 2 aromatic rings. The van der Waals surface area contributed by atoms with Crippen LogP contribution in [0.1, 0.15) is 22.7 Å². The van der Waals surface area contributed by atoms with E-state index in [0.29, 0.717) is 5.56 Å². The molecule has 2 amide bonds. The van der Waals surface area contributed by atoms with Crippen LogP contribution in [0.15, 0.2) is 47.4 Å². The SMILES string of the molecule is CC(=O)Nc1ccn([C@@H]2S[C@H](COC(=O)c3ccccc3)NC2=O)c(=O)n1. The average molecular weight is 388 g/mol. The molecule has 0 saturated carbocycles. The molecular formula is C17H16N4O5S. The summed E-state index contributed by atoms with van der Waals surface area (Å²) in [6.07, 6.45) is 1.39. The van der Waals surface area contributed by atoms with Crippen molar-refractivity contribution < 1.29 is 19.1 Å². The van der Waals surface area contributed by atoms with Gasteiger partial charge in [0, 0.05) is 13.1 Å². The fourth-order valence-corrected chi connectivity index (χ4v) is 3.53. The van der Waals surface area contributed by atoms with Crippen LogP contribution >= 0.6 is 11.8 Å². The van der Waals surface area contributed by atoms with Gasteiger partial charge in [-0.3, -0.25) is 14.2 Å². The quantitative estimate of drug-likeness (QED) is 0.725. The van der Waals surface area contributed by atoms with Gasteiger partial charge in [0.2, 0.25) is 5.91 Å². The number of hydrogen-bond donors (Lipinski definition) is 2. The standard InChI is InChI=1S/C17H16N4O5S/c1-10(22)18-12-7-8-21(17(25)19-12)15-14(23)20-13(27-15)9-26-16(24)11-5-3-2-4-6-11/h2-8,13,15H,9H2,1H3,(H,20,23)(H,18,19,22,25)/t13-,15-/m1/s1.